The quantitative estimate of drug-likeness (QED) is 0.559. The fourth-order valence-electron chi connectivity index (χ4n) is 2.79. The van der Waals surface area contributed by atoms with Crippen molar-refractivity contribution in [2.24, 2.45) is 0 Å². The SMILES string of the molecule is COCCN(Cc1cnc(S(=O)(=O)Cc2ccccc2)n1CCOC)C(C)=O. The first-order chi connectivity index (χ1) is 13.4. The first-order valence-electron chi connectivity index (χ1n) is 8.93. The third-order valence-corrected chi connectivity index (χ3v) is 5.86. The minimum Gasteiger partial charge on any atom is -0.383 e. The van der Waals surface area contributed by atoms with E-state index in [0.717, 1.165) is 0 Å². The highest BCUT2D eigenvalue weighted by molar-refractivity contribution is 7.90. The van der Waals surface area contributed by atoms with Crippen molar-refractivity contribution in [2.75, 3.05) is 34.0 Å². The molecule has 2 rings (SSSR count). The molecule has 0 atom stereocenters. The van der Waals surface area contributed by atoms with Crippen molar-refractivity contribution in [3.05, 3.63) is 47.8 Å². The largest absolute Gasteiger partial charge is 0.383 e. The highest BCUT2D eigenvalue weighted by Crippen LogP contribution is 2.19. The molecular weight excluding hydrogens is 382 g/mol. The smallest absolute Gasteiger partial charge is 0.228 e. The molecule has 154 valence electrons. The molecule has 28 heavy (non-hydrogen) atoms. The zero-order valence-electron chi connectivity index (χ0n) is 16.5. The van der Waals surface area contributed by atoms with Crippen LogP contribution in [0.1, 0.15) is 18.2 Å². The van der Waals surface area contributed by atoms with E-state index in [4.69, 9.17) is 9.47 Å². The average molecular weight is 410 g/mol. The highest BCUT2D eigenvalue weighted by atomic mass is 32.2. The Balaban J connectivity index is 2.33. The topological polar surface area (TPSA) is 90.7 Å². The molecule has 1 amide bonds. The van der Waals surface area contributed by atoms with Crippen LogP contribution in [0.5, 0.6) is 0 Å². The van der Waals surface area contributed by atoms with E-state index in [1.54, 1.807) is 48.0 Å². The number of carbonyl (C=O) groups is 1. The Morgan fingerprint density at radius 2 is 1.82 bits per heavy atom. The van der Waals surface area contributed by atoms with Crippen LogP contribution in [0.4, 0.5) is 0 Å². The molecule has 0 aliphatic heterocycles. The molecule has 0 aliphatic rings. The maximum absolute atomic E-state index is 13.0. The van der Waals surface area contributed by atoms with Crippen LogP contribution in [0.3, 0.4) is 0 Å². The first kappa shape index (κ1) is 22.1. The van der Waals surface area contributed by atoms with Gasteiger partial charge in [-0.2, -0.15) is 0 Å². The molecule has 0 fully saturated rings. The summed E-state index contributed by atoms with van der Waals surface area (Å²) in [6.45, 7) is 3.17. The molecule has 0 radical (unpaired) electrons. The van der Waals surface area contributed by atoms with E-state index in [1.165, 1.54) is 13.1 Å². The van der Waals surface area contributed by atoms with Crippen molar-refractivity contribution in [2.45, 2.75) is 30.9 Å². The number of hydrogen-bond donors (Lipinski definition) is 0. The molecule has 1 heterocycles. The van der Waals surface area contributed by atoms with E-state index in [1.807, 2.05) is 6.07 Å². The second-order valence-corrected chi connectivity index (χ2v) is 8.24. The van der Waals surface area contributed by atoms with Crippen molar-refractivity contribution in [3.63, 3.8) is 0 Å². The Kier molecular flexibility index (Phi) is 8.16. The van der Waals surface area contributed by atoms with Gasteiger partial charge >= 0.3 is 0 Å². The van der Waals surface area contributed by atoms with Crippen LogP contribution < -0.4 is 0 Å². The lowest BCUT2D eigenvalue weighted by atomic mass is 10.2. The molecule has 8 nitrogen and oxygen atoms in total. The predicted octanol–water partition coefficient (Wildman–Crippen LogP) is 1.50. The second kappa shape index (κ2) is 10.4. The third-order valence-electron chi connectivity index (χ3n) is 4.26. The Hall–Kier alpha value is -2.23. The van der Waals surface area contributed by atoms with Crippen molar-refractivity contribution in [3.8, 4) is 0 Å². The van der Waals surface area contributed by atoms with Crippen LogP contribution in [-0.2, 0) is 42.9 Å². The van der Waals surface area contributed by atoms with Gasteiger partial charge in [0.1, 0.15) is 0 Å². The van der Waals surface area contributed by atoms with Crippen LogP contribution in [0.15, 0.2) is 41.7 Å². The number of methoxy groups -OCH3 is 2. The summed E-state index contributed by atoms with van der Waals surface area (Å²) >= 11 is 0. The van der Waals surface area contributed by atoms with Gasteiger partial charge in [0.2, 0.25) is 20.9 Å². The standard InChI is InChI=1S/C19H27N3O5S/c1-16(23)21(9-11-26-2)14-18-13-20-19(22(18)10-12-27-3)28(24,25)15-17-7-5-4-6-8-17/h4-8,13H,9-12,14-15H2,1-3H3. The first-order valence-corrected chi connectivity index (χ1v) is 10.6. The lowest BCUT2D eigenvalue weighted by molar-refractivity contribution is -0.130. The van der Waals surface area contributed by atoms with Crippen molar-refractivity contribution in [1.29, 1.82) is 0 Å². The molecule has 2 aromatic rings. The van der Waals surface area contributed by atoms with Crippen LogP contribution in [0.25, 0.3) is 0 Å². The fraction of sp³-hybridized carbons (Fsp3) is 0.474. The van der Waals surface area contributed by atoms with E-state index in [0.29, 0.717) is 37.6 Å². The second-order valence-electron chi connectivity index (χ2n) is 6.35. The van der Waals surface area contributed by atoms with Gasteiger partial charge in [0.15, 0.2) is 0 Å². The predicted molar refractivity (Wildman–Crippen MR) is 104 cm³/mol. The fourth-order valence-corrected chi connectivity index (χ4v) is 4.31. The number of nitrogens with zero attached hydrogens (tertiary/aromatic N) is 3. The Bertz CT molecular complexity index is 865. The van der Waals surface area contributed by atoms with Gasteiger partial charge in [-0.25, -0.2) is 13.4 Å². The number of sulfone groups is 1. The maximum atomic E-state index is 13.0. The van der Waals surface area contributed by atoms with Gasteiger partial charge in [-0.3, -0.25) is 4.79 Å². The van der Waals surface area contributed by atoms with Crippen molar-refractivity contribution >= 4 is 15.7 Å². The van der Waals surface area contributed by atoms with E-state index in [-0.39, 0.29) is 23.4 Å². The summed E-state index contributed by atoms with van der Waals surface area (Å²) in [5.74, 6) is -0.262. The van der Waals surface area contributed by atoms with Gasteiger partial charge in [0.05, 0.1) is 37.4 Å². The van der Waals surface area contributed by atoms with Gasteiger partial charge in [-0.1, -0.05) is 30.3 Å². The molecule has 0 bridgehead atoms. The van der Waals surface area contributed by atoms with Gasteiger partial charge in [-0.05, 0) is 5.56 Å². The van der Waals surface area contributed by atoms with Gasteiger partial charge < -0.3 is 18.9 Å². The van der Waals surface area contributed by atoms with Crippen LogP contribution in [0, 0.1) is 0 Å². The van der Waals surface area contributed by atoms with Crippen molar-refractivity contribution in [1.82, 2.24) is 14.5 Å². The Labute approximate surface area is 166 Å². The summed E-state index contributed by atoms with van der Waals surface area (Å²) in [5.41, 5.74) is 1.32. The van der Waals surface area contributed by atoms with E-state index in [9.17, 15) is 13.2 Å². The third kappa shape index (κ3) is 5.88. The summed E-state index contributed by atoms with van der Waals surface area (Å²) < 4.78 is 37.7. The van der Waals surface area contributed by atoms with E-state index < -0.39 is 9.84 Å². The van der Waals surface area contributed by atoms with Gasteiger partial charge in [-0.15, -0.1) is 0 Å². The minimum atomic E-state index is -3.66. The summed E-state index contributed by atoms with van der Waals surface area (Å²) in [7, 11) is -0.543. The highest BCUT2D eigenvalue weighted by Gasteiger charge is 2.25. The molecular formula is C19H27N3O5S. The van der Waals surface area contributed by atoms with Crippen LogP contribution in [0.2, 0.25) is 0 Å². The van der Waals surface area contributed by atoms with Crippen molar-refractivity contribution < 1.29 is 22.7 Å². The number of imidazole rings is 1. The Morgan fingerprint density at radius 1 is 1.14 bits per heavy atom. The molecule has 0 saturated heterocycles. The lowest BCUT2D eigenvalue weighted by Gasteiger charge is -2.21. The number of ether oxygens (including phenoxy) is 2. The van der Waals surface area contributed by atoms with E-state index in [2.05, 4.69) is 4.98 Å². The summed E-state index contributed by atoms with van der Waals surface area (Å²) in [4.78, 5) is 17.7. The zero-order valence-corrected chi connectivity index (χ0v) is 17.3. The summed E-state index contributed by atoms with van der Waals surface area (Å²) in [6.07, 6.45) is 1.51. The molecule has 0 aliphatic carbocycles. The number of rotatable bonds is 11. The normalized spacial score (nSPS) is 11.5. The van der Waals surface area contributed by atoms with E-state index >= 15 is 0 Å². The van der Waals surface area contributed by atoms with Gasteiger partial charge in [0, 0.05) is 34.2 Å². The molecule has 0 unspecified atom stereocenters. The van der Waals surface area contributed by atoms with Crippen LogP contribution in [-0.4, -0.2) is 62.8 Å². The van der Waals surface area contributed by atoms with Gasteiger partial charge in [0.25, 0.3) is 0 Å². The number of benzene rings is 1. The minimum absolute atomic E-state index is 0.0151. The lowest BCUT2D eigenvalue weighted by Crippen LogP contribution is -2.32. The average Bonchev–Trinajstić information content (AvgIpc) is 3.07. The molecule has 0 spiro atoms. The Morgan fingerprint density at radius 3 is 2.43 bits per heavy atom. The molecule has 0 N–H and O–H groups in total. The number of hydrogen-bond acceptors (Lipinski definition) is 6. The number of amides is 1. The summed E-state index contributed by atoms with van der Waals surface area (Å²) in [6, 6.07) is 8.97. The molecule has 1 aromatic carbocycles. The molecule has 0 saturated carbocycles. The monoisotopic (exact) mass is 409 g/mol. The molecule has 9 heteroatoms. The summed E-state index contributed by atoms with van der Waals surface area (Å²) in [5, 5.41) is -0.0151. The maximum Gasteiger partial charge on any atom is 0.228 e. The van der Waals surface area contributed by atoms with Crippen LogP contribution >= 0.6 is 0 Å². The zero-order chi connectivity index (χ0) is 20.6. The number of aromatic nitrogens is 2. The number of carbonyl (C=O) groups excluding carboxylic acids is 1. The molecule has 1 aromatic heterocycles.